The minimum absolute atomic E-state index is 0.0208. The number of benzene rings is 2. The third-order valence-electron chi connectivity index (χ3n) is 5.55. The van der Waals surface area contributed by atoms with E-state index in [9.17, 15) is 22.4 Å². The van der Waals surface area contributed by atoms with Gasteiger partial charge in [0.1, 0.15) is 5.82 Å². The molecule has 2 aromatic rings. The average molecular weight is 465 g/mol. The third-order valence-corrected chi connectivity index (χ3v) is 5.55. The van der Waals surface area contributed by atoms with Gasteiger partial charge in [-0.25, -0.2) is 9.38 Å². The highest BCUT2D eigenvalue weighted by molar-refractivity contribution is 6.05. The van der Waals surface area contributed by atoms with Crippen LogP contribution >= 0.6 is 0 Å². The first-order chi connectivity index (χ1) is 15.5. The predicted octanol–water partition coefficient (Wildman–Crippen LogP) is 3.76. The second-order valence-electron chi connectivity index (χ2n) is 8.19. The number of nitrogens with one attached hydrogen (secondary N) is 2. The average Bonchev–Trinajstić information content (AvgIpc) is 2.71. The Kier molecular flexibility index (Phi) is 7.70. The quantitative estimate of drug-likeness (QED) is 0.226. The number of alkyl halides is 3. The Morgan fingerprint density at radius 3 is 2.36 bits per heavy atom. The Balaban J connectivity index is 1.66. The van der Waals surface area contributed by atoms with Crippen LogP contribution in [0.4, 0.5) is 17.6 Å². The van der Waals surface area contributed by atoms with E-state index in [2.05, 4.69) is 15.6 Å². The second kappa shape index (κ2) is 10.3. The highest BCUT2D eigenvalue weighted by Crippen LogP contribution is 2.29. The molecule has 2 unspecified atom stereocenters. The molecule has 6 N–H and O–H groups in total. The largest absolute Gasteiger partial charge is 0.416 e. The standard InChI is InChI=1S/C23H27F4N5O/c1-13-5-6-15(11-18(13)24)19(28)12-20(29)31-22(30-17-3-2-4-17)32-21(33)14-7-9-16(10-8-14)23(25,26)27/h5-11,17,19-20H,2-4,12,28-29H2,1H3,(H2,30,31,32,33). The van der Waals surface area contributed by atoms with Crippen LogP contribution in [0.25, 0.3) is 0 Å². The molecule has 2 atom stereocenters. The highest BCUT2D eigenvalue weighted by Gasteiger charge is 2.30. The lowest BCUT2D eigenvalue weighted by molar-refractivity contribution is -0.137. The summed E-state index contributed by atoms with van der Waals surface area (Å²) in [5, 5.41) is 5.51. The molecule has 0 aliphatic heterocycles. The normalized spacial score (nSPS) is 16.6. The number of aliphatic imine (C=N–C) groups is 1. The van der Waals surface area contributed by atoms with Gasteiger partial charge in [-0.15, -0.1) is 0 Å². The van der Waals surface area contributed by atoms with Gasteiger partial charge in [0.05, 0.1) is 17.8 Å². The van der Waals surface area contributed by atoms with Crippen LogP contribution in [0.2, 0.25) is 0 Å². The first kappa shape index (κ1) is 24.7. The van der Waals surface area contributed by atoms with Crippen molar-refractivity contribution in [3.8, 4) is 0 Å². The third kappa shape index (κ3) is 6.75. The Bertz CT molecular complexity index is 1000. The van der Waals surface area contributed by atoms with E-state index in [0.717, 1.165) is 43.5 Å². The molecule has 1 aliphatic carbocycles. The van der Waals surface area contributed by atoms with E-state index in [1.807, 2.05) is 0 Å². The first-order valence-electron chi connectivity index (χ1n) is 10.6. The maximum Gasteiger partial charge on any atom is 0.416 e. The topological polar surface area (TPSA) is 106 Å². The molecule has 1 amide bonds. The Morgan fingerprint density at radius 1 is 1.15 bits per heavy atom. The molecule has 1 fully saturated rings. The fourth-order valence-electron chi connectivity index (χ4n) is 3.28. The first-order valence-corrected chi connectivity index (χ1v) is 10.6. The van der Waals surface area contributed by atoms with Crippen LogP contribution in [-0.2, 0) is 6.18 Å². The number of guanidine groups is 1. The van der Waals surface area contributed by atoms with E-state index >= 15 is 0 Å². The van der Waals surface area contributed by atoms with Crippen LogP contribution in [0.3, 0.4) is 0 Å². The van der Waals surface area contributed by atoms with Gasteiger partial charge in [0.25, 0.3) is 5.91 Å². The number of halogens is 4. The van der Waals surface area contributed by atoms with Crippen molar-refractivity contribution in [1.29, 1.82) is 0 Å². The molecule has 2 aromatic carbocycles. The van der Waals surface area contributed by atoms with Crippen molar-refractivity contribution in [2.24, 2.45) is 16.5 Å². The highest BCUT2D eigenvalue weighted by atomic mass is 19.4. The molecule has 3 rings (SSSR count). The SMILES string of the molecule is Cc1ccc(C(N)CC(N)NC(=NC2CCC2)NC(=O)c2ccc(C(F)(F)F)cc2)cc1F. The van der Waals surface area contributed by atoms with E-state index in [0.29, 0.717) is 11.1 Å². The molecular formula is C23H27F4N5O. The summed E-state index contributed by atoms with van der Waals surface area (Å²) >= 11 is 0. The van der Waals surface area contributed by atoms with Crippen LogP contribution in [0, 0.1) is 12.7 Å². The fourth-order valence-corrected chi connectivity index (χ4v) is 3.28. The zero-order valence-corrected chi connectivity index (χ0v) is 18.1. The lowest BCUT2D eigenvalue weighted by Crippen LogP contribution is -2.51. The maximum absolute atomic E-state index is 13.8. The summed E-state index contributed by atoms with van der Waals surface area (Å²) in [7, 11) is 0. The van der Waals surface area contributed by atoms with E-state index in [4.69, 9.17) is 11.5 Å². The van der Waals surface area contributed by atoms with Gasteiger partial charge >= 0.3 is 6.18 Å². The second-order valence-corrected chi connectivity index (χ2v) is 8.19. The molecule has 0 heterocycles. The molecule has 1 aliphatic rings. The zero-order valence-electron chi connectivity index (χ0n) is 18.1. The van der Waals surface area contributed by atoms with Gasteiger partial charge in [0.15, 0.2) is 5.96 Å². The van der Waals surface area contributed by atoms with Crippen LogP contribution in [-0.4, -0.2) is 24.1 Å². The summed E-state index contributed by atoms with van der Waals surface area (Å²) < 4.78 is 52.1. The summed E-state index contributed by atoms with van der Waals surface area (Å²) in [5.74, 6) is -0.855. The van der Waals surface area contributed by atoms with Gasteiger partial charge in [0, 0.05) is 11.6 Å². The van der Waals surface area contributed by atoms with Gasteiger partial charge in [-0.05, 0) is 74.1 Å². The van der Waals surface area contributed by atoms with Crippen molar-refractivity contribution < 1.29 is 22.4 Å². The molecule has 1 saturated carbocycles. The van der Waals surface area contributed by atoms with Gasteiger partial charge in [-0.1, -0.05) is 12.1 Å². The van der Waals surface area contributed by atoms with Crippen molar-refractivity contribution >= 4 is 11.9 Å². The van der Waals surface area contributed by atoms with E-state index in [-0.39, 0.29) is 29.8 Å². The lowest BCUT2D eigenvalue weighted by atomic mass is 9.94. The monoisotopic (exact) mass is 465 g/mol. The van der Waals surface area contributed by atoms with Crippen LogP contribution < -0.4 is 22.1 Å². The molecule has 0 radical (unpaired) electrons. The molecule has 0 bridgehead atoms. The molecular weight excluding hydrogens is 438 g/mol. The maximum atomic E-state index is 13.8. The van der Waals surface area contributed by atoms with Crippen LogP contribution in [0.15, 0.2) is 47.5 Å². The van der Waals surface area contributed by atoms with Crippen molar-refractivity contribution in [3.05, 3.63) is 70.5 Å². The minimum Gasteiger partial charge on any atom is -0.341 e. The number of nitrogens with zero attached hydrogens (tertiary/aromatic N) is 1. The molecule has 0 aromatic heterocycles. The smallest absolute Gasteiger partial charge is 0.341 e. The minimum atomic E-state index is -4.49. The van der Waals surface area contributed by atoms with Crippen molar-refractivity contribution in [2.45, 2.75) is 57.0 Å². The Morgan fingerprint density at radius 2 is 1.82 bits per heavy atom. The number of nitrogens with two attached hydrogens (primary N) is 2. The number of carbonyl (C=O) groups excluding carboxylic acids is 1. The lowest BCUT2D eigenvalue weighted by Gasteiger charge is -2.25. The van der Waals surface area contributed by atoms with Crippen LogP contribution in [0.1, 0.15) is 58.8 Å². The van der Waals surface area contributed by atoms with Crippen molar-refractivity contribution in [3.63, 3.8) is 0 Å². The molecule has 178 valence electrons. The number of hydrogen-bond acceptors (Lipinski definition) is 4. The van der Waals surface area contributed by atoms with Gasteiger partial charge in [0.2, 0.25) is 0 Å². The summed E-state index contributed by atoms with van der Waals surface area (Å²) in [6.45, 7) is 1.65. The zero-order chi connectivity index (χ0) is 24.2. The Labute approximate surface area is 189 Å². The molecule has 10 heteroatoms. The van der Waals surface area contributed by atoms with E-state index in [1.54, 1.807) is 19.1 Å². The van der Waals surface area contributed by atoms with E-state index < -0.39 is 29.9 Å². The number of carbonyl (C=O) groups is 1. The van der Waals surface area contributed by atoms with Crippen LogP contribution in [0.5, 0.6) is 0 Å². The molecule has 6 nitrogen and oxygen atoms in total. The predicted molar refractivity (Wildman–Crippen MR) is 118 cm³/mol. The van der Waals surface area contributed by atoms with Crippen molar-refractivity contribution in [1.82, 2.24) is 10.6 Å². The summed E-state index contributed by atoms with van der Waals surface area (Å²) in [4.78, 5) is 17.0. The van der Waals surface area contributed by atoms with Gasteiger partial charge < -0.3 is 16.8 Å². The number of aryl methyl sites for hydroxylation is 1. The van der Waals surface area contributed by atoms with Crippen molar-refractivity contribution in [2.75, 3.05) is 0 Å². The summed E-state index contributed by atoms with van der Waals surface area (Å²) in [6, 6.07) is 8.07. The Hall–Kier alpha value is -2.98. The number of hydrogen-bond donors (Lipinski definition) is 4. The number of rotatable bonds is 6. The molecule has 0 saturated heterocycles. The molecule has 33 heavy (non-hydrogen) atoms. The summed E-state index contributed by atoms with van der Waals surface area (Å²) in [5.41, 5.74) is 12.6. The number of amides is 1. The molecule has 0 spiro atoms. The summed E-state index contributed by atoms with van der Waals surface area (Å²) in [6.07, 6.45) is -2.24. The van der Waals surface area contributed by atoms with Gasteiger partial charge in [-0.2, -0.15) is 13.2 Å². The van der Waals surface area contributed by atoms with Gasteiger partial charge in [-0.3, -0.25) is 10.1 Å². The van der Waals surface area contributed by atoms with E-state index in [1.165, 1.54) is 6.07 Å². The fraction of sp³-hybridized carbons (Fsp3) is 0.391.